The Balaban J connectivity index is 1.96. The summed E-state index contributed by atoms with van der Waals surface area (Å²) in [6.45, 7) is 7.34. The van der Waals surface area contributed by atoms with E-state index in [1.54, 1.807) is 0 Å². The molecule has 2 amide bonds. The zero-order chi connectivity index (χ0) is 26.8. The first-order valence-electron chi connectivity index (χ1n) is 15.7. The Morgan fingerprint density at radius 2 is 1.05 bits per heavy atom. The van der Waals surface area contributed by atoms with Crippen molar-refractivity contribution in [2.24, 2.45) is 0 Å². The first-order chi connectivity index (χ1) is 18.2. The first-order valence-corrected chi connectivity index (χ1v) is 15.7. The summed E-state index contributed by atoms with van der Waals surface area (Å²) in [5.74, 6) is 0.329. The summed E-state index contributed by atoms with van der Waals surface area (Å²) in [7, 11) is 0. The number of hydrogen-bond donors (Lipinski definition) is 2. The number of nitrogens with one attached hydrogen (secondary N) is 2. The molecule has 1 aromatic rings. The number of aromatic nitrogens is 2. The number of carbonyl (C=O) groups is 2. The third-order valence-electron chi connectivity index (χ3n) is 7.15. The summed E-state index contributed by atoms with van der Waals surface area (Å²) in [4.78, 5) is 24.1. The van der Waals surface area contributed by atoms with Crippen LogP contribution in [0, 0.1) is 0 Å². The molecule has 1 aromatic heterocycles. The van der Waals surface area contributed by atoms with E-state index in [1.807, 2.05) is 18.7 Å². The fourth-order valence-electron chi connectivity index (χ4n) is 4.72. The van der Waals surface area contributed by atoms with Crippen LogP contribution >= 0.6 is 0 Å². The summed E-state index contributed by atoms with van der Waals surface area (Å²) in [6.07, 6.45) is 30.3. The Kier molecular flexibility index (Phi) is 22.0. The predicted octanol–water partition coefficient (Wildman–Crippen LogP) is 6.85. The predicted molar refractivity (Wildman–Crippen MR) is 154 cm³/mol. The van der Waals surface area contributed by atoms with Crippen LogP contribution in [0.15, 0.2) is 18.7 Å². The molecule has 0 unspecified atom stereocenters. The highest BCUT2D eigenvalue weighted by Crippen LogP contribution is 2.11. The van der Waals surface area contributed by atoms with Gasteiger partial charge in [-0.05, 0) is 12.8 Å². The average Bonchev–Trinajstić information content (AvgIpc) is 3.34. The van der Waals surface area contributed by atoms with E-state index in [-0.39, 0.29) is 11.8 Å². The highest BCUT2D eigenvalue weighted by Gasteiger charge is 2.07. The summed E-state index contributed by atoms with van der Waals surface area (Å²) >= 11 is 0. The average molecular weight is 520 g/mol. The monoisotopic (exact) mass is 519 g/mol. The number of nitrogens with zero attached hydrogens (tertiary/aromatic N) is 2. The lowest BCUT2D eigenvalue weighted by atomic mass is 10.1. The lowest BCUT2D eigenvalue weighted by Gasteiger charge is -2.05. The van der Waals surface area contributed by atoms with Crippen LogP contribution in [-0.2, 0) is 22.7 Å². The van der Waals surface area contributed by atoms with Gasteiger partial charge in [0.2, 0.25) is 18.1 Å². The fourth-order valence-corrected chi connectivity index (χ4v) is 4.72. The van der Waals surface area contributed by atoms with Gasteiger partial charge < -0.3 is 10.6 Å². The maximum atomic E-state index is 12.1. The second-order valence-electron chi connectivity index (χ2n) is 10.7. The highest BCUT2D eigenvalue weighted by molar-refractivity contribution is 5.76. The number of carbonyl (C=O) groups excluding carboxylic acids is 2. The lowest BCUT2D eigenvalue weighted by molar-refractivity contribution is -0.694. The molecule has 0 aromatic carbocycles. The van der Waals surface area contributed by atoms with Crippen LogP contribution in [0.1, 0.15) is 142 Å². The van der Waals surface area contributed by atoms with Crippen molar-refractivity contribution < 1.29 is 14.2 Å². The SMILES string of the molecule is CCCCCCCCCCCC(=O)NCCn1cc[n+](CCNC(=O)CCCCCCCCCCC)c1. The molecule has 0 aliphatic heterocycles. The molecule has 2 N–H and O–H groups in total. The molecule has 6 heteroatoms. The molecular formula is C31H59N4O2+. The number of imidazole rings is 1. The van der Waals surface area contributed by atoms with Crippen LogP contribution in [0.4, 0.5) is 0 Å². The van der Waals surface area contributed by atoms with E-state index in [0.717, 1.165) is 38.8 Å². The molecule has 0 bridgehead atoms. The van der Waals surface area contributed by atoms with Crippen molar-refractivity contribution in [1.29, 1.82) is 0 Å². The number of unbranched alkanes of at least 4 members (excludes halogenated alkanes) is 16. The van der Waals surface area contributed by atoms with E-state index in [0.29, 0.717) is 25.9 Å². The normalized spacial score (nSPS) is 11.1. The van der Waals surface area contributed by atoms with Gasteiger partial charge in [0.15, 0.2) is 0 Å². The first kappa shape index (κ1) is 33.2. The van der Waals surface area contributed by atoms with E-state index >= 15 is 0 Å². The topological polar surface area (TPSA) is 67.0 Å². The van der Waals surface area contributed by atoms with Gasteiger partial charge in [0, 0.05) is 12.8 Å². The van der Waals surface area contributed by atoms with Gasteiger partial charge in [0.25, 0.3) is 0 Å². The smallest absolute Gasteiger partial charge is 0.243 e. The second kappa shape index (κ2) is 24.5. The zero-order valence-electron chi connectivity index (χ0n) is 24.4. The van der Waals surface area contributed by atoms with Gasteiger partial charge in [0.05, 0.1) is 13.1 Å². The molecule has 1 heterocycles. The Labute approximate surface area is 228 Å². The molecule has 0 fully saturated rings. The van der Waals surface area contributed by atoms with E-state index in [9.17, 15) is 9.59 Å². The Hall–Kier alpha value is -1.85. The van der Waals surface area contributed by atoms with Crippen LogP contribution in [0.5, 0.6) is 0 Å². The molecule has 0 aliphatic carbocycles. The van der Waals surface area contributed by atoms with Crippen molar-refractivity contribution in [2.75, 3.05) is 13.1 Å². The Bertz CT molecular complexity index is 619. The minimum atomic E-state index is 0.165. The summed E-state index contributed by atoms with van der Waals surface area (Å²) in [6, 6.07) is 0. The number of hydrogen-bond acceptors (Lipinski definition) is 2. The molecule has 37 heavy (non-hydrogen) atoms. The van der Waals surface area contributed by atoms with Gasteiger partial charge in [-0.1, -0.05) is 117 Å². The van der Waals surface area contributed by atoms with Crippen LogP contribution < -0.4 is 15.2 Å². The van der Waals surface area contributed by atoms with Crippen LogP contribution in [-0.4, -0.2) is 29.5 Å². The van der Waals surface area contributed by atoms with E-state index in [1.165, 1.54) is 89.9 Å². The van der Waals surface area contributed by atoms with Crippen molar-refractivity contribution in [1.82, 2.24) is 15.2 Å². The quantitative estimate of drug-likeness (QED) is 0.104. The molecule has 0 atom stereocenters. The standard InChI is InChI=1S/C31H58N4O2/c1-3-5-7-9-11-13-15-17-19-21-30(36)32-23-25-34-27-28-35(29-34)26-24-33-31(37)22-20-18-16-14-12-10-8-6-4-2/h27-29H,3-26H2,1-2H3,(H-,32,33,36,37)/p+1. The van der Waals surface area contributed by atoms with Crippen LogP contribution in [0.25, 0.3) is 0 Å². The largest absolute Gasteiger partial charge is 0.352 e. The Morgan fingerprint density at radius 3 is 1.54 bits per heavy atom. The molecule has 0 spiro atoms. The summed E-state index contributed by atoms with van der Waals surface area (Å²) in [5, 5.41) is 6.08. The molecule has 1 rings (SSSR count). The molecule has 0 saturated carbocycles. The maximum Gasteiger partial charge on any atom is 0.243 e. The second-order valence-corrected chi connectivity index (χ2v) is 10.7. The summed E-state index contributed by atoms with van der Waals surface area (Å²) in [5.41, 5.74) is 0. The molecule has 6 nitrogen and oxygen atoms in total. The number of amides is 2. The lowest BCUT2D eigenvalue weighted by Crippen LogP contribution is -2.39. The molecule has 0 aliphatic rings. The fraction of sp³-hybridized carbons (Fsp3) is 0.839. The third-order valence-corrected chi connectivity index (χ3v) is 7.15. The molecular weight excluding hydrogens is 460 g/mol. The van der Waals surface area contributed by atoms with Crippen LogP contribution in [0.3, 0.4) is 0 Å². The minimum absolute atomic E-state index is 0.165. The van der Waals surface area contributed by atoms with Gasteiger partial charge in [-0.25, -0.2) is 9.13 Å². The van der Waals surface area contributed by atoms with Crippen molar-refractivity contribution >= 4 is 11.8 Å². The number of rotatable bonds is 26. The third kappa shape index (κ3) is 20.8. The van der Waals surface area contributed by atoms with Crippen LogP contribution in [0.2, 0.25) is 0 Å². The molecule has 0 radical (unpaired) electrons. The van der Waals surface area contributed by atoms with E-state index in [4.69, 9.17) is 0 Å². The van der Waals surface area contributed by atoms with Gasteiger partial charge in [-0.15, -0.1) is 0 Å². The van der Waals surface area contributed by atoms with Gasteiger partial charge >= 0.3 is 0 Å². The summed E-state index contributed by atoms with van der Waals surface area (Å²) < 4.78 is 4.17. The van der Waals surface area contributed by atoms with E-state index < -0.39 is 0 Å². The van der Waals surface area contributed by atoms with Gasteiger partial charge in [-0.3, -0.25) is 9.59 Å². The van der Waals surface area contributed by atoms with Gasteiger partial charge in [0.1, 0.15) is 25.5 Å². The van der Waals surface area contributed by atoms with E-state index in [2.05, 4.69) is 33.6 Å². The highest BCUT2D eigenvalue weighted by atomic mass is 16.2. The van der Waals surface area contributed by atoms with Crippen molar-refractivity contribution in [3.8, 4) is 0 Å². The maximum absolute atomic E-state index is 12.1. The molecule has 214 valence electrons. The van der Waals surface area contributed by atoms with Crippen molar-refractivity contribution in [2.45, 2.75) is 155 Å². The Morgan fingerprint density at radius 1 is 0.622 bits per heavy atom. The minimum Gasteiger partial charge on any atom is -0.352 e. The van der Waals surface area contributed by atoms with Crippen molar-refractivity contribution in [3.05, 3.63) is 18.7 Å². The zero-order valence-corrected chi connectivity index (χ0v) is 24.4. The van der Waals surface area contributed by atoms with Crippen molar-refractivity contribution in [3.63, 3.8) is 0 Å². The molecule has 0 saturated heterocycles. The van der Waals surface area contributed by atoms with Gasteiger partial charge in [-0.2, -0.15) is 0 Å².